The molecule has 8 nitrogen and oxygen atoms in total. The fourth-order valence-corrected chi connectivity index (χ4v) is 3.09. The van der Waals surface area contributed by atoms with Gasteiger partial charge in [0.25, 0.3) is 5.91 Å². The van der Waals surface area contributed by atoms with Crippen molar-refractivity contribution in [2.75, 3.05) is 17.3 Å². The summed E-state index contributed by atoms with van der Waals surface area (Å²) in [6.45, 7) is 1.71. The van der Waals surface area contributed by atoms with Crippen LogP contribution in [0.1, 0.15) is 19.2 Å². The zero-order valence-electron chi connectivity index (χ0n) is 16.1. The number of nitrogens with zero attached hydrogens (tertiary/aromatic N) is 3. The van der Waals surface area contributed by atoms with Crippen LogP contribution in [0.5, 0.6) is 5.75 Å². The first-order valence-corrected chi connectivity index (χ1v) is 9.27. The maximum absolute atomic E-state index is 12.3. The number of likely N-dealkylation sites (N-methyl/N-ethyl adjacent to an activating group) is 1. The number of hydrogen-bond donors (Lipinski definition) is 1. The first-order valence-electron chi connectivity index (χ1n) is 9.27. The van der Waals surface area contributed by atoms with Crippen molar-refractivity contribution >= 4 is 23.2 Å². The van der Waals surface area contributed by atoms with E-state index in [0.29, 0.717) is 35.3 Å². The summed E-state index contributed by atoms with van der Waals surface area (Å²) in [6.07, 6.45) is -0.00561. The molecule has 0 aliphatic carbocycles. The lowest BCUT2D eigenvalue weighted by Crippen LogP contribution is -2.41. The lowest BCUT2D eigenvalue weighted by molar-refractivity contribution is -0.125. The van der Waals surface area contributed by atoms with Gasteiger partial charge in [-0.05, 0) is 25.1 Å². The fourth-order valence-electron chi connectivity index (χ4n) is 3.09. The van der Waals surface area contributed by atoms with Crippen LogP contribution in [-0.2, 0) is 16.0 Å². The van der Waals surface area contributed by atoms with Gasteiger partial charge in [0.05, 0.1) is 5.69 Å². The number of carbonyl (C=O) groups is 2. The molecule has 148 valence electrons. The molecule has 2 amide bonds. The maximum Gasteiger partial charge on any atom is 0.267 e. The Morgan fingerprint density at radius 1 is 1.21 bits per heavy atom. The van der Waals surface area contributed by atoms with E-state index in [1.807, 2.05) is 30.3 Å². The van der Waals surface area contributed by atoms with Crippen LogP contribution in [0.4, 0.5) is 11.4 Å². The molecule has 3 aromatic rings. The zero-order valence-corrected chi connectivity index (χ0v) is 16.1. The number of nitrogens with one attached hydrogen (secondary N) is 1. The van der Waals surface area contributed by atoms with Crippen LogP contribution in [0.25, 0.3) is 11.4 Å². The van der Waals surface area contributed by atoms with Crippen LogP contribution in [0.2, 0.25) is 0 Å². The molecule has 29 heavy (non-hydrogen) atoms. The SMILES string of the molecule is CC1Oc2ccc(NC(=O)CCc3nc(-c4ccccc4)no3)cc2N(C)C1=O. The van der Waals surface area contributed by atoms with Crippen molar-refractivity contribution < 1.29 is 18.8 Å². The number of aromatic nitrogens is 2. The fraction of sp³-hybridized carbons (Fsp3) is 0.238. The van der Waals surface area contributed by atoms with Gasteiger partial charge in [0.2, 0.25) is 17.6 Å². The Bertz CT molecular complexity index is 1050. The molecule has 1 N–H and O–H groups in total. The number of fused-ring (bicyclic) bond motifs is 1. The molecular formula is C21H20N4O4. The van der Waals surface area contributed by atoms with Crippen molar-refractivity contribution in [3.8, 4) is 17.1 Å². The van der Waals surface area contributed by atoms with E-state index in [1.165, 1.54) is 4.90 Å². The summed E-state index contributed by atoms with van der Waals surface area (Å²) in [4.78, 5) is 30.2. The third-order valence-corrected chi connectivity index (χ3v) is 4.65. The molecule has 1 aliphatic rings. The number of hydrogen-bond acceptors (Lipinski definition) is 6. The van der Waals surface area contributed by atoms with E-state index in [1.54, 1.807) is 32.2 Å². The lowest BCUT2D eigenvalue weighted by Gasteiger charge is -2.30. The summed E-state index contributed by atoms with van der Waals surface area (Å²) in [5.74, 6) is 1.18. The molecule has 1 aliphatic heterocycles. The highest BCUT2D eigenvalue weighted by atomic mass is 16.5. The van der Waals surface area contributed by atoms with Crippen molar-refractivity contribution in [3.63, 3.8) is 0 Å². The number of anilines is 2. The minimum absolute atomic E-state index is 0.133. The molecule has 0 fully saturated rings. The average molecular weight is 392 g/mol. The third kappa shape index (κ3) is 3.96. The highest BCUT2D eigenvalue weighted by Gasteiger charge is 2.29. The summed E-state index contributed by atoms with van der Waals surface area (Å²) < 4.78 is 10.8. The number of amides is 2. The summed E-state index contributed by atoms with van der Waals surface area (Å²) in [5, 5.41) is 6.77. The molecule has 0 saturated heterocycles. The zero-order chi connectivity index (χ0) is 20.4. The molecule has 2 heterocycles. The molecule has 8 heteroatoms. The van der Waals surface area contributed by atoms with Gasteiger partial charge in [-0.2, -0.15) is 4.98 Å². The Morgan fingerprint density at radius 3 is 2.79 bits per heavy atom. The monoisotopic (exact) mass is 392 g/mol. The lowest BCUT2D eigenvalue weighted by atomic mass is 10.1. The van der Waals surface area contributed by atoms with Crippen LogP contribution < -0.4 is 15.0 Å². The summed E-state index contributed by atoms with van der Waals surface area (Å²) in [7, 11) is 1.69. The Morgan fingerprint density at radius 2 is 2.00 bits per heavy atom. The van der Waals surface area contributed by atoms with Crippen LogP contribution >= 0.6 is 0 Å². The molecule has 0 bridgehead atoms. The predicted molar refractivity (Wildman–Crippen MR) is 107 cm³/mol. The first-order chi connectivity index (χ1) is 14.0. The highest BCUT2D eigenvalue weighted by molar-refractivity contribution is 6.00. The van der Waals surface area contributed by atoms with Crippen LogP contribution in [0, 0.1) is 0 Å². The molecule has 0 saturated carbocycles. The van der Waals surface area contributed by atoms with Gasteiger partial charge >= 0.3 is 0 Å². The van der Waals surface area contributed by atoms with Crippen molar-refractivity contribution in [3.05, 3.63) is 54.4 Å². The van der Waals surface area contributed by atoms with Gasteiger partial charge in [-0.1, -0.05) is 35.5 Å². The van der Waals surface area contributed by atoms with Crippen molar-refractivity contribution in [2.45, 2.75) is 25.9 Å². The van der Waals surface area contributed by atoms with Crippen molar-refractivity contribution in [1.82, 2.24) is 10.1 Å². The minimum atomic E-state index is -0.525. The van der Waals surface area contributed by atoms with Crippen LogP contribution in [0.15, 0.2) is 53.1 Å². The quantitative estimate of drug-likeness (QED) is 0.717. The second-order valence-electron chi connectivity index (χ2n) is 6.77. The van der Waals surface area contributed by atoms with Crippen molar-refractivity contribution in [1.29, 1.82) is 0 Å². The van der Waals surface area contributed by atoms with E-state index < -0.39 is 6.10 Å². The molecule has 0 spiro atoms. The average Bonchev–Trinajstić information content (AvgIpc) is 3.21. The molecule has 1 atom stereocenters. The van der Waals surface area contributed by atoms with Gasteiger partial charge in [0.1, 0.15) is 5.75 Å². The standard InChI is InChI=1S/C21H20N4O4/c1-13-21(27)25(2)16-12-15(8-9-17(16)28-13)22-18(26)10-11-19-23-20(24-29-19)14-6-4-3-5-7-14/h3-9,12-13H,10-11H2,1-2H3,(H,22,26). The van der Waals surface area contributed by atoms with Crippen LogP contribution in [0.3, 0.4) is 0 Å². The van der Waals surface area contributed by atoms with Gasteiger partial charge in [0.15, 0.2) is 6.10 Å². The molecule has 2 aromatic carbocycles. The Hall–Kier alpha value is -3.68. The number of carbonyl (C=O) groups excluding carboxylic acids is 2. The second-order valence-corrected chi connectivity index (χ2v) is 6.77. The van der Waals surface area contributed by atoms with Gasteiger partial charge < -0.3 is 19.5 Å². The Labute approximate surface area is 167 Å². The van der Waals surface area contributed by atoms with Gasteiger partial charge in [-0.15, -0.1) is 0 Å². The number of aryl methyl sites for hydroxylation is 1. The molecular weight excluding hydrogens is 372 g/mol. The minimum Gasteiger partial charge on any atom is -0.479 e. The first kappa shape index (κ1) is 18.7. The molecule has 1 aromatic heterocycles. The summed E-state index contributed by atoms with van der Waals surface area (Å²) in [6, 6.07) is 14.7. The second kappa shape index (κ2) is 7.75. The Balaban J connectivity index is 1.37. The van der Waals surface area contributed by atoms with E-state index >= 15 is 0 Å². The van der Waals surface area contributed by atoms with Crippen LogP contribution in [-0.4, -0.2) is 35.1 Å². The van der Waals surface area contributed by atoms with E-state index in [4.69, 9.17) is 9.26 Å². The number of benzene rings is 2. The van der Waals surface area contributed by atoms with E-state index in [-0.39, 0.29) is 18.2 Å². The third-order valence-electron chi connectivity index (χ3n) is 4.65. The number of rotatable bonds is 5. The molecule has 4 rings (SSSR count). The molecule has 0 radical (unpaired) electrons. The molecule has 1 unspecified atom stereocenters. The highest BCUT2D eigenvalue weighted by Crippen LogP contribution is 2.35. The smallest absolute Gasteiger partial charge is 0.267 e. The van der Waals surface area contributed by atoms with Gasteiger partial charge in [-0.3, -0.25) is 9.59 Å². The van der Waals surface area contributed by atoms with E-state index in [9.17, 15) is 9.59 Å². The largest absolute Gasteiger partial charge is 0.479 e. The van der Waals surface area contributed by atoms with Crippen molar-refractivity contribution in [2.24, 2.45) is 0 Å². The Kier molecular flexibility index (Phi) is 4.99. The van der Waals surface area contributed by atoms with E-state index in [0.717, 1.165) is 5.56 Å². The summed E-state index contributed by atoms with van der Waals surface area (Å²) >= 11 is 0. The van der Waals surface area contributed by atoms with Gasteiger partial charge in [-0.25, -0.2) is 0 Å². The van der Waals surface area contributed by atoms with Gasteiger partial charge in [0, 0.05) is 31.1 Å². The number of ether oxygens (including phenoxy) is 1. The topological polar surface area (TPSA) is 97.6 Å². The normalized spacial score (nSPS) is 15.6. The summed E-state index contributed by atoms with van der Waals surface area (Å²) in [5.41, 5.74) is 2.06. The maximum atomic E-state index is 12.3. The predicted octanol–water partition coefficient (Wildman–Crippen LogP) is 3.05. The van der Waals surface area contributed by atoms with E-state index in [2.05, 4.69) is 15.5 Å².